The van der Waals surface area contributed by atoms with Crippen molar-refractivity contribution in [3.05, 3.63) is 62.7 Å². The number of amides is 2. The van der Waals surface area contributed by atoms with Crippen molar-refractivity contribution in [1.82, 2.24) is 10.0 Å². The fourth-order valence-electron chi connectivity index (χ4n) is 2.86. The number of nitrogens with zero attached hydrogens (tertiary/aromatic N) is 1. The van der Waals surface area contributed by atoms with Gasteiger partial charge in [0.15, 0.2) is 0 Å². The Morgan fingerprint density at radius 2 is 2.00 bits per heavy atom. The lowest BCUT2D eigenvalue weighted by molar-refractivity contribution is -0.135. The zero-order valence-electron chi connectivity index (χ0n) is 16.3. The number of sulfonamides is 1. The number of hydrogen-bond donors (Lipinski definition) is 3. The first-order valence-corrected chi connectivity index (χ1v) is 12.0. The van der Waals surface area contributed by atoms with Crippen LogP contribution in [0.1, 0.15) is 15.2 Å². The SMILES string of the molecule is O=C(O)CNC(=O)c1ccc(N2CC=C(NS(=O)(=O)CCc3ccc(Cl)s3)C2=O)c(F)c1. The lowest BCUT2D eigenvalue weighted by Crippen LogP contribution is -2.35. The van der Waals surface area contributed by atoms with Gasteiger partial charge < -0.3 is 15.3 Å². The van der Waals surface area contributed by atoms with Gasteiger partial charge in [0.2, 0.25) is 10.0 Å². The predicted molar refractivity (Wildman–Crippen MR) is 117 cm³/mol. The normalized spacial score (nSPS) is 13.8. The highest BCUT2D eigenvalue weighted by Gasteiger charge is 2.30. The minimum atomic E-state index is -3.83. The van der Waals surface area contributed by atoms with Crippen molar-refractivity contribution in [2.75, 3.05) is 23.7 Å². The molecular formula is C19H17ClFN3O6S2. The van der Waals surface area contributed by atoms with Crippen molar-refractivity contribution >= 4 is 56.4 Å². The molecule has 1 aliphatic heterocycles. The molecule has 2 aromatic rings. The third-order valence-electron chi connectivity index (χ3n) is 4.37. The van der Waals surface area contributed by atoms with E-state index in [1.165, 1.54) is 29.5 Å². The first-order valence-electron chi connectivity index (χ1n) is 9.12. The fourth-order valence-corrected chi connectivity index (χ4v) is 5.17. The van der Waals surface area contributed by atoms with Gasteiger partial charge in [-0.15, -0.1) is 11.3 Å². The number of benzene rings is 1. The number of thiophene rings is 1. The first kappa shape index (κ1) is 23.7. The monoisotopic (exact) mass is 501 g/mol. The maximum Gasteiger partial charge on any atom is 0.322 e. The minimum Gasteiger partial charge on any atom is -0.480 e. The summed E-state index contributed by atoms with van der Waals surface area (Å²) >= 11 is 7.09. The summed E-state index contributed by atoms with van der Waals surface area (Å²) in [5.74, 6) is -3.94. The Kier molecular flexibility index (Phi) is 7.16. The summed E-state index contributed by atoms with van der Waals surface area (Å²) in [6.45, 7) is -0.696. The quantitative estimate of drug-likeness (QED) is 0.479. The molecule has 0 radical (unpaired) electrons. The van der Waals surface area contributed by atoms with Gasteiger partial charge >= 0.3 is 5.97 Å². The van der Waals surface area contributed by atoms with Crippen LogP contribution in [0.2, 0.25) is 4.34 Å². The number of anilines is 1. The summed E-state index contributed by atoms with van der Waals surface area (Å²) < 4.78 is 42.0. The van der Waals surface area contributed by atoms with Gasteiger partial charge in [-0.05, 0) is 42.8 Å². The molecule has 3 N–H and O–H groups in total. The molecule has 170 valence electrons. The molecule has 2 heterocycles. The van der Waals surface area contributed by atoms with E-state index in [2.05, 4.69) is 10.0 Å². The Balaban J connectivity index is 1.64. The molecule has 32 heavy (non-hydrogen) atoms. The zero-order valence-corrected chi connectivity index (χ0v) is 18.7. The van der Waals surface area contributed by atoms with E-state index < -0.39 is 40.2 Å². The van der Waals surface area contributed by atoms with E-state index in [1.54, 1.807) is 12.1 Å². The molecule has 1 aliphatic rings. The Morgan fingerprint density at radius 1 is 1.25 bits per heavy atom. The lowest BCUT2D eigenvalue weighted by Gasteiger charge is -2.18. The number of nitrogens with one attached hydrogen (secondary N) is 2. The smallest absolute Gasteiger partial charge is 0.322 e. The van der Waals surface area contributed by atoms with E-state index >= 15 is 0 Å². The van der Waals surface area contributed by atoms with Gasteiger partial charge in [0, 0.05) is 17.0 Å². The molecule has 3 rings (SSSR count). The van der Waals surface area contributed by atoms with E-state index in [1.807, 2.05) is 0 Å². The second kappa shape index (κ2) is 9.67. The molecule has 0 aliphatic carbocycles. The first-order chi connectivity index (χ1) is 15.1. The third kappa shape index (κ3) is 5.84. The molecular weight excluding hydrogens is 485 g/mol. The van der Waals surface area contributed by atoms with E-state index in [0.29, 0.717) is 4.34 Å². The third-order valence-corrected chi connectivity index (χ3v) is 6.93. The number of carboxylic acid groups (broad SMARTS) is 1. The zero-order chi connectivity index (χ0) is 23.5. The Morgan fingerprint density at radius 3 is 2.62 bits per heavy atom. The summed E-state index contributed by atoms with van der Waals surface area (Å²) in [4.78, 5) is 36.8. The van der Waals surface area contributed by atoms with Gasteiger partial charge in [-0.3, -0.25) is 19.1 Å². The van der Waals surface area contributed by atoms with Crippen LogP contribution in [0, 0.1) is 5.82 Å². The molecule has 1 aromatic carbocycles. The van der Waals surface area contributed by atoms with Gasteiger partial charge in [0.25, 0.3) is 11.8 Å². The van der Waals surface area contributed by atoms with Crippen molar-refractivity contribution in [2.45, 2.75) is 6.42 Å². The Labute approximate surface area is 191 Å². The molecule has 0 bridgehead atoms. The molecule has 0 saturated heterocycles. The summed E-state index contributed by atoms with van der Waals surface area (Å²) in [6, 6.07) is 6.68. The number of carbonyl (C=O) groups is 3. The van der Waals surface area contributed by atoms with Crippen LogP contribution >= 0.6 is 22.9 Å². The van der Waals surface area contributed by atoms with Crippen LogP contribution in [0.3, 0.4) is 0 Å². The molecule has 0 atom stereocenters. The number of aryl methyl sites for hydroxylation is 1. The van der Waals surface area contributed by atoms with Crippen molar-refractivity contribution in [1.29, 1.82) is 0 Å². The number of rotatable bonds is 9. The topological polar surface area (TPSA) is 133 Å². The number of carboxylic acids is 1. The number of aliphatic carboxylic acids is 1. The van der Waals surface area contributed by atoms with Gasteiger partial charge in [-0.25, -0.2) is 12.8 Å². The van der Waals surface area contributed by atoms with Gasteiger partial charge in [0.05, 0.1) is 15.8 Å². The van der Waals surface area contributed by atoms with E-state index in [9.17, 15) is 27.2 Å². The maximum absolute atomic E-state index is 14.5. The van der Waals surface area contributed by atoms with E-state index in [-0.39, 0.29) is 35.7 Å². The highest BCUT2D eigenvalue weighted by Crippen LogP contribution is 2.25. The second-order valence-corrected chi connectivity index (χ2v) is 10.3. The summed E-state index contributed by atoms with van der Waals surface area (Å²) in [7, 11) is -3.83. The lowest BCUT2D eigenvalue weighted by atomic mass is 10.1. The molecule has 0 unspecified atom stereocenters. The maximum atomic E-state index is 14.5. The number of halogens is 2. The van der Waals surface area contributed by atoms with Crippen LogP contribution < -0.4 is 14.9 Å². The van der Waals surface area contributed by atoms with Crippen molar-refractivity contribution in [3.8, 4) is 0 Å². The second-order valence-electron chi connectivity index (χ2n) is 6.65. The molecule has 2 amide bonds. The largest absolute Gasteiger partial charge is 0.480 e. The predicted octanol–water partition coefficient (Wildman–Crippen LogP) is 1.75. The summed E-state index contributed by atoms with van der Waals surface area (Å²) in [5.41, 5.74) is -0.470. The summed E-state index contributed by atoms with van der Waals surface area (Å²) in [5, 5.41) is 10.7. The number of carbonyl (C=O) groups excluding carboxylic acids is 2. The van der Waals surface area contributed by atoms with Crippen LogP contribution in [0.5, 0.6) is 0 Å². The molecule has 1 aromatic heterocycles. The van der Waals surface area contributed by atoms with Crippen LogP contribution in [-0.4, -0.2) is 50.2 Å². The van der Waals surface area contributed by atoms with Crippen molar-refractivity contribution in [3.63, 3.8) is 0 Å². The Hall–Kier alpha value is -2.96. The van der Waals surface area contributed by atoms with Crippen LogP contribution in [0.15, 0.2) is 42.1 Å². The Bertz CT molecular complexity index is 1210. The van der Waals surface area contributed by atoms with E-state index in [0.717, 1.165) is 15.8 Å². The van der Waals surface area contributed by atoms with Gasteiger partial charge in [-0.2, -0.15) is 0 Å². The minimum absolute atomic E-state index is 0.0707. The molecule has 9 nitrogen and oxygen atoms in total. The van der Waals surface area contributed by atoms with Crippen molar-refractivity contribution < 1.29 is 32.3 Å². The average Bonchev–Trinajstić information content (AvgIpc) is 3.30. The average molecular weight is 502 g/mol. The van der Waals surface area contributed by atoms with Gasteiger partial charge in [0.1, 0.15) is 18.1 Å². The van der Waals surface area contributed by atoms with Crippen LogP contribution in [0.25, 0.3) is 0 Å². The fraction of sp³-hybridized carbons (Fsp3) is 0.211. The van der Waals surface area contributed by atoms with Crippen LogP contribution in [0.4, 0.5) is 10.1 Å². The standard InChI is InChI=1S/C19H17ClFN3O6S2/c20-16-4-2-12(31-16)6-8-32(29,30)23-14-5-7-24(19(14)28)15-3-1-11(9-13(15)21)18(27)22-10-17(25)26/h1-5,9,23H,6-8,10H2,(H,22,27)(H,25,26). The van der Waals surface area contributed by atoms with Gasteiger partial charge in [-0.1, -0.05) is 11.6 Å². The molecule has 13 heteroatoms. The molecule has 0 saturated carbocycles. The highest BCUT2D eigenvalue weighted by molar-refractivity contribution is 7.89. The molecule has 0 fully saturated rings. The highest BCUT2D eigenvalue weighted by atomic mass is 35.5. The van der Waals surface area contributed by atoms with Crippen LogP contribution in [-0.2, 0) is 26.0 Å². The van der Waals surface area contributed by atoms with E-state index in [4.69, 9.17) is 16.7 Å². The van der Waals surface area contributed by atoms with Crippen molar-refractivity contribution in [2.24, 2.45) is 0 Å². The summed E-state index contributed by atoms with van der Waals surface area (Å²) in [6.07, 6.45) is 1.55. The number of hydrogen-bond acceptors (Lipinski definition) is 6. The molecule has 0 spiro atoms.